The smallest absolute Gasteiger partial charge is 0.274 e. The van der Waals surface area contributed by atoms with Crippen LogP contribution in [0.3, 0.4) is 0 Å². The maximum Gasteiger partial charge on any atom is 0.274 e. The molecule has 5 nitrogen and oxygen atoms in total. The van der Waals surface area contributed by atoms with Crippen LogP contribution in [0.15, 0.2) is 47.4 Å². The van der Waals surface area contributed by atoms with Crippen LogP contribution in [0.4, 0.5) is 11.4 Å². The first kappa shape index (κ1) is 16.3. The maximum absolute atomic E-state index is 11.9. The number of thioether (sulfide) groups is 1. The van der Waals surface area contributed by atoms with E-state index in [2.05, 4.69) is 5.32 Å². The molecule has 22 heavy (non-hydrogen) atoms. The van der Waals surface area contributed by atoms with Gasteiger partial charge in [0.05, 0.1) is 10.7 Å². The summed E-state index contributed by atoms with van der Waals surface area (Å²) >= 11 is 7.16. The zero-order chi connectivity index (χ0) is 16.1. The number of nitrogens with one attached hydrogen (secondary N) is 1. The molecule has 7 heteroatoms. The lowest BCUT2D eigenvalue weighted by Crippen LogP contribution is -2.14. The molecule has 0 radical (unpaired) electrons. The van der Waals surface area contributed by atoms with Gasteiger partial charge in [-0.15, -0.1) is 11.8 Å². The largest absolute Gasteiger partial charge is 0.325 e. The lowest BCUT2D eigenvalue weighted by molar-refractivity contribution is -0.385. The molecule has 0 saturated heterocycles. The normalized spacial score (nSPS) is 10.3. The van der Waals surface area contributed by atoms with E-state index < -0.39 is 4.92 Å². The van der Waals surface area contributed by atoms with Gasteiger partial charge in [-0.3, -0.25) is 14.9 Å². The molecule has 0 bridgehead atoms. The number of carbonyl (C=O) groups excluding carboxylic acids is 1. The molecule has 1 N–H and O–H groups in total. The van der Waals surface area contributed by atoms with Gasteiger partial charge in [0.15, 0.2) is 0 Å². The van der Waals surface area contributed by atoms with Crippen LogP contribution in [0.5, 0.6) is 0 Å². The van der Waals surface area contributed by atoms with E-state index in [1.54, 1.807) is 31.2 Å². The van der Waals surface area contributed by atoms with E-state index >= 15 is 0 Å². The fourth-order valence-corrected chi connectivity index (χ4v) is 2.59. The molecule has 2 aromatic carbocycles. The minimum atomic E-state index is -0.465. The highest BCUT2D eigenvalue weighted by Crippen LogP contribution is 2.23. The number of halogens is 1. The summed E-state index contributed by atoms with van der Waals surface area (Å²) in [6.45, 7) is 1.65. The quantitative estimate of drug-likeness (QED) is 0.502. The van der Waals surface area contributed by atoms with Gasteiger partial charge in [0.25, 0.3) is 5.69 Å². The number of benzene rings is 2. The van der Waals surface area contributed by atoms with Crippen molar-refractivity contribution in [1.29, 1.82) is 0 Å². The standard InChI is InChI=1S/C15H13ClN2O3S/c1-10-2-5-12(8-14(10)18(20)21)17-15(19)9-22-13-6-3-11(16)4-7-13/h2-8H,9H2,1H3,(H,17,19). The van der Waals surface area contributed by atoms with Crippen molar-refractivity contribution in [3.63, 3.8) is 0 Å². The minimum Gasteiger partial charge on any atom is -0.325 e. The molecule has 0 heterocycles. The molecule has 0 aliphatic rings. The Hall–Kier alpha value is -2.05. The van der Waals surface area contributed by atoms with Gasteiger partial charge in [0.2, 0.25) is 5.91 Å². The maximum atomic E-state index is 11.9. The number of carbonyl (C=O) groups is 1. The zero-order valence-corrected chi connectivity index (χ0v) is 13.3. The monoisotopic (exact) mass is 336 g/mol. The second kappa shape index (κ2) is 7.29. The summed E-state index contributed by atoms with van der Waals surface area (Å²) in [5, 5.41) is 14.2. The minimum absolute atomic E-state index is 0.0110. The highest BCUT2D eigenvalue weighted by atomic mass is 35.5. The van der Waals surface area contributed by atoms with Gasteiger partial charge in [0, 0.05) is 27.2 Å². The third-order valence-electron chi connectivity index (χ3n) is 2.87. The zero-order valence-electron chi connectivity index (χ0n) is 11.7. The summed E-state index contributed by atoms with van der Waals surface area (Å²) in [6.07, 6.45) is 0. The molecule has 0 aliphatic heterocycles. The highest BCUT2D eigenvalue weighted by Gasteiger charge is 2.12. The first-order valence-corrected chi connectivity index (χ1v) is 7.75. The van der Waals surface area contributed by atoms with Gasteiger partial charge in [0.1, 0.15) is 0 Å². The molecule has 2 aromatic rings. The summed E-state index contributed by atoms with van der Waals surface area (Å²) < 4.78 is 0. The Morgan fingerprint density at radius 3 is 2.59 bits per heavy atom. The van der Waals surface area contributed by atoms with E-state index in [-0.39, 0.29) is 17.3 Å². The fourth-order valence-electron chi connectivity index (χ4n) is 1.76. The SMILES string of the molecule is Cc1ccc(NC(=O)CSc2ccc(Cl)cc2)cc1[N+](=O)[O-]. The number of hydrogen-bond donors (Lipinski definition) is 1. The van der Waals surface area contributed by atoms with Gasteiger partial charge in [-0.05, 0) is 37.3 Å². The summed E-state index contributed by atoms with van der Waals surface area (Å²) in [4.78, 5) is 23.2. The van der Waals surface area contributed by atoms with Crippen molar-refractivity contribution < 1.29 is 9.72 Å². The topological polar surface area (TPSA) is 72.2 Å². The molecule has 0 unspecified atom stereocenters. The second-order valence-electron chi connectivity index (χ2n) is 4.55. The molecular weight excluding hydrogens is 324 g/mol. The third-order valence-corrected chi connectivity index (χ3v) is 4.14. The number of amides is 1. The van der Waals surface area contributed by atoms with E-state index in [0.717, 1.165) is 4.90 Å². The molecule has 114 valence electrons. The Morgan fingerprint density at radius 1 is 1.27 bits per heavy atom. The molecule has 0 aromatic heterocycles. The summed E-state index contributed by atoms with van der Waals surface area (Å²) in [6, 6.07) is 11.8. The number of nitro benzene ring substituents is 1. The van der Waals surface area contributed by atoms with E-state index in [0.29, 0.717) is 16.3 Å². The third kappa shape index (κ3) is 4.47. The Morgan fingerprint density at radius 2 is 1.95 bits per heavy atom. The average Bonchev–Trinajstić information content (AvgIpc) is 2.48. The van der Waals surface area contributed by atoms with Crippen molar-refractivity contribution in [2.75, 3.05) is 11.1 Å². The van der Waals surface area contributed by atoms with Gasteiger partial charge in [-0.25, -0.2) is 0 Å². The highest BCUT2D eigenvalue weighted by molar-refractivity contribution is 8.00. The number of anilines is 1. The molecule has 0 aliphatic carbocycles. The molecule has 0 fully saturated rings. The number of rotatable bonds is 5. The van der Waals surface area contributed by atoms with Gasteiger partial charge >= 0.3 is 0 Å². The summed E-state index contributed by atoms with van der Waals surface area (Å²) in [5.41, 5.74) is 0.959. The van der Waals surface area contributed by atoms with Crippen molar-refractivity contribution in [3.8, 4) is 0 Å². The van der Waals surface area contributed by atoms with Crippen LogP contribution in [0.25, 0.3) is 0 Å². The summed E-state index contributed by atoms with van der Waals surface area (Å²) in [5.74, 6) is -0.0124. The Labute approximate surface area is 136 Å². The number of nitro groups is 1. The van der Waals surface area contributed by atoms with Crippen LogP contribution < -0.4 is 5.32 Å². The first-order valence-electron chi connectivity index (χ1n) is 6.39. The molecule has 1 amide bonds. The van der Waals surface area contributed by atoms with Crippen molar-refractivity contribution in [1.82, 2.24) is 0 Å². The van der Waals surface area contributed by atoms with Crippen LogP contribution >= 0.6 is 23.4 Å². The van der Waals surface area contributed by atoms with Crippen molar-refractivity contribution >= 4 is 40.6 Å². The predicted octanol–water partition coefficient (Wildman–Crippen LogP) is 4.29. The fraction of sp³-hybridized carbons (Fsp3) is 0.133. The van der Waals surface area contributed by atoms with E-state index in [1.165, 1.54) is 17.8 Å². The van der Waals surface area contributed by atoms with Crippen LogP contribution in [0, 0.1) is 17.0 Å². The predicted molar refractivity (Wildman–Crippen MR) is 88.6 cm³/mol. The average molecular weight is 337 g/mol. The van der Waals surface area contributed by atoms with Gasteiger partial charge < -0.3 is 5.32 Å². The number of nitrogens with zero attached hydrogens (tertiary/aromatic N) is 1. The Balaban J connectivity index is 1.96. The van der Waals surface area contributed by atoms with Gasteiger partial charge in [-0.2, -0.15) is 0 Å². The lowest BCUT2D eigenvalue weighted by Gasteiger charge is -2.06. The number of aryl methyl sites for hydroxylation is 1. The lowest BCUT2D eigenvalue weighted by atomic mass is 10.2. The van der Waals surface area contributed by atoms with E-state index in [1.807, 2.05) is 12.1 Å². The van der Waals surface area contributed by atoms with E-state index in [9.17, 15) is 14.9 Å². The van der Waals surface area contributed by atoms with Crippen molar-refractivity contribution in [2.45, 2.75) is 11.8 Å². The van der Waals surface area contributed by atoms with Crippen molar-refractivity contribution in [3.05, 3.63) is 63.2 Å². The van der Waals surface area contributed by atoms with Crippen LogP contribution in [-0.2, 0) is 4.79 Å². The van der Waals surface area contributed by atoms with Crippen LogP contribution in [0.2, 0.25) is 5.02 Å². The Kier molecular flexibility index (Phi) is 5.41. The van der Waals surface area contributed by atoms with Crippen LogP contribution in [0.1, 0.15) is 5.56 Å². The molecular formula is C15H13ClN2O3S. The molecule has 0 saturated carbocycles. The second-order valence-corrected chi connectivity index (χ2v) is 6.03. The summed E-state index contributed by atoms with van der Waals surface area (Å²) in [7, 11) is 0. The molecule has 2 rings (SSSR count). The van der Waals surface area contributed by atoms with Gasteiger partial charge in [-0.1, -0.05) is 17.7 Å². The van der Waals surface area contributed by atoms with E-state index in [4.69, 9.17) is 11.6 Å². The number of hydrogen-bond acceptors (Lipinski definition) is 4. The first-order chi connectivity index (χ1) is 10.5. The van der Waals surface area contributed by atoms with Crippen LogP contribution in [-0.4, -0.2) is 16.6 Å². The molecule has 0 spiro atoms. The van der Waals surface area contributed by atoms with Crippen molar-refractivity contribution in [2.24, 2.45) is 0 Å². The Bertz CT molecular complexity index is 704. The molecule has 0 atom stereocenters.